The van der Waals surface area contributed by atoms with Gasteiger partial charge in [0.2, 0.25) is 0 Å². The molecule has 1 heterocycles. The van der Waals surface area contributed by atoms with Crippen molar-refractivity contribution in [2.75, 3.05) is 0 Å². The summed E-state index contributed by atoms with van der Waals surface area (Å²) in [6, 6.07) is 28.4. The second-order valence-electron chi connectivity index (χ2n) is 6.80. The van der Waals surface area contributed by atoms with Gasteiger partial charge in [0.15, 0.2) is 0 Å². The van der Waals surface area contributed by atoms with Crippen LogP contribution >= 0.6 is 0 Å². The zero-order chi connectivity index (χ0) is 18.6. The number of nitrogens with zero attached hydrogens (tertiary/aromatic N) is 2. The molecule has 0 atom stereocenters. The van der Waals surface area contributed by atoms with Crippen LogP contribution in [0, 0.1) is 0 Å². The van der Waals surface area contributed by atoms with Crippen molar-refractivity contribution in [1.82, 2.24) is 9.47 Å². The smallest absolute Gasteiger partial charge is 0.256 e. The molecule has 1 amide bonds. The van der Waals surface area contributed by atoms with Crippen LogP contribution in [0.25, 0.3) is 10.9 Å². The number of aryl methyl sites for hydroxylation is 1. The summed E-state index contributed by atoms with van der Waals surface area (Å²) >= 11 is 0. The molecule has 3 aromatic carbocycles. The maximum Gasteiger partial charge on any atom is 0.256 e. The summed E-state index contributed by atoms with van der Waals surface area (Å²) in [4.78, 5) is 15.4. The van der Waals surface area contributed by atoms with Gasteiger partial charge in [0.05, 0.1) is 5.56 Å². The average molecular weight is 354 g/mol. The number of carbonyl (C=O) groups excluding carboxylic acids is 1. The molecule has 4 aromatic rings. The topological polar surface area (TPSA) is 25.2 Å². The van der Waals surface area contributed by atoms with E-state index in [9.17, 15) is 4.79 Å². The molecule has 0 aliphatic heterocycles. The van der Waals surface area contributed by atoms with Gasteiger partial charge < -0.3 is 9.47 Å². The predicted molar refractivity (Wildman–Crippen MR) is 109 cm³/mol. The van der Waals surface area contributed by atoms with Crippen molar-refractivity contribution in [3.8, 4) is 0 Å². The van der Waals surface area contributed by atoms with Crippen LogP contribution in [0.2, 0.25) is 0 Å². The minimum Gasteiger partial charge on any atom is -0.350 e. The SMILES string of the molecule is Cn1cc(C(=O)N(Cc2ccccc2)Cc2ccccc2)c2ccccc21. The second-order valence-corrected chi connectivity index (χ2v) is 6.80. The number of amides is 1. The number of carbonyl (C=O) groups is 1. The third kappa shape index (κ3) is 3.63. The Morgan fingerprint density at radius 1 is 0.778 bits per heavy atom. The molecule has 3 heteroatoms. The molecule has 3 nitrogen and oxygen atoms in total. The van der Waals surface area contributed by atoms with Crippen LogP contribution in [-0.4, -0.2) is 15.4 Å². The highest BCUT2D eigenvalue weighted by Crippen LogP contribution is 2.23. The quantitative estimate of drug-likeness (QED) is 0.494. The summed E-state index contributed by atoms with van der Waals surface area (Å²) in [5.41, 5.74) is 4.07. The first-order valence-corrected chi connectivity index (χ1v) is 9.13. The standard InChI is InChI=1S/C24H22N2O/c1-25-18-22(21-14-8-9-15-23(21)25)24(27)26(16-19-10-4-2-5-11-19)17-20-12-6-3-7-13-20/h2-15,18H,16-17H2,1H3. The van der Waals surface area contributed by atoms with Gasteiger partial charge in [-0.3, -0.25) is 4.79 Å². The Labute approximate surface area is 159 Å². The van der Waals surface area contributed by atoms with E-state index in [1.165, 1.54) is 0 Å². The van der Waals surface area contributed by atoms with E-state index in [2.05, 4.69) is 24.3 Å². The summed E-state index contributed by atoms with van der Waals surface area (Å²) in [6.07, 6.45) is 1.94. The van der Waals surface area contributed by atoms with E-state index in [0.717, 1.165) is 27.6 Å². The molecule has 0 N–H and O–H groups in total. The van der Waals surface area contributed by atoms with E-state index in [1.807, 2.05) is 83.4 Å². The molecule has 0 unspecified atom stereocenters. The van der Waals surface area contributed by atoms with E-state index < -0.39 is 0 Å². The summed E-state index contributed by atoms with van der Waals surface area (Å²) in [5, 5.41) is 0.996. The molecular formula is C24H22N2O. The third-order valence-corrected chi connectivity index (χ3v) is 4.85. The van der Waals surface area contributed by atoms with Gasteiger partial charge in [0, 0.05) is 37.2 Å². The Bertz CT molecular complexity index is 1010. The van der Waals surface area contributed by atoms with Gasteiger partial charge in [-0.15, -0.1) is 0 Å². The Morgan fingerprint density at radius 2 is 1.30 bits per heavy atom. The predicted octanol–water partition coefficient (Wildman–Crippen LogP) is 5.02. The van der Waals surface area contributed by atoms with Crippen LogP contribution in [0.4, 0.5) is 0 Å². The largest absolute Gasteiger partial charge is 0.350 e. The lowest BCUT2D eigenvalue weighted by molar-refractivity contribution is 0.0732. The van der Waals surface area contributed by atoms with Gasteiger partial charge in [-0.1, -0.05) is 78.9 Å². The van der Waals surface area contributed by atoms with E-state index >= 15 is 0 Å². The molecule has 1 aromatic heterocycles. The average Bonchev–Trinajstić information content (AvgIpc) is 3.05. The van der Waals surface area contributed by atoms with Crippen molar-refractivity contribution in [1.29, 1.82) is 0 Å². The van der Waals surface area contributed by atoms with Crippen molar-refractivity contribution >= 4 is 16.8 Å². The first-order chi connectivity index (χ1) is 13.2. The molecule has 0 spiro atoms. The highest BCUT2D eigenvalue weighted by molar-refractivity contribution is 6.06. The molecule has 0 fully saturated rings. The Morgan fingerprint density at radius 3 is 1.89 bits per heavy atom. The maximum atomic E-state index is 13.5. The Kier molecular flexibility index (Phi) is 4.75. The molecule has 27 heavy (non-hydrogen) atoms. The number of benzene rings is 3. The van der Waals surface area contributed by atoms with Crippen LogP contribution in [0.3, 0.4) is 0 Å². The number of para-hydroxylation sites is 1. The summed E-state index contributed by atoms with van der Waals surface area (Å²) in [5.74, 6) is 0.0551. The zero-order valence-electron chi connectivity index (χ0n) is 15.4. The van der Waals surface area contributed by atoms with Crippen LogP contribution < -0.4 is 0 Å². The van der Waals surface area contributed by atoms with E-state index in [1.54, 1.807) is 0 Å². The lowest BCUT2D eigenvalue weighted by Gasteiger charge is -2.23. The van der Waals surface area contributed by atoms with Gasteiger partial charge >= 0.3 is 0 Å². The lowest BCUT2D eigenvalue weighted by Crippen LogP contribution is -2.30. The van der Waals surface area contributed by atoms with Gasteiger partial charge in [0.1, 0.15) is 0 Å². The minimum absolute atomic E-state index is 0.0551. The first kappa shape index (κ1) is 17.1. The summed E-state index contributed by atoms with van der Waals surface area (Å²) in [7, 11) is 1.98. The van der Waals surface area contributed by atoms with Gasteiger partial charge in [-0.2, -0.15) is 0 Å². The second kappa shape index (κ2) is 7.50. The van der Waals surface area contributed by atoms with Gasteiger partial charge in [0.25, 0.3) is 5.91 Å². The fourth-order valence-corrected chi connectivity index (χ4v) is 3.49. The molecule has 0 radical (unpaired) electrons. The monoisotopic (exact) mass is 354 g/mol. The molecular weight excluding hydrogens is 332 g/mol. The summed E-state index contributed by atoms with van der Waals surface area (Å²) < 4.78 is 2.02. The number of aromatic nitrogens is 1. The van der Waals surface area contributed by atoms with E-state index in [4.69, 9.17) is 0 Å². The van der Waals surface area contributed by atoms with Gasteiger partial charge in [-0.05, 0) is 17.2 Å². The van der Waals surface area contributed by atoms with Crippen LogP contribution in [0.1, 0.15) is 21.5 Å². The molecule has 0 aliphatic carbocycles. The molecule has 134 valence electrons. The summed E-state index contributed by atoms with van der Waals surface area (Å²) in [6.45, 7) is 1.16. The maximum absolute atomic E-state index is 13.5. The zero-order valence-corrected chi connectivity index (χ0v) is 15.4. The molecule has 0 saturated heterocycles. The lowest BCUT2D eigenvalue weighted by atomic mass is 10.1. The molecule has 0 saturated carbocycles. The van der Waals surface area contributed by atoms with Crippen LogP contribution in [0.15, 0.2) is 91.1 Å². The van der Waals surface area contributed by atoms with Crippen LogP contribution in [-0.2, 0) is 20.1 Å². The molecule has 0 bridgehead atoms. The third-order valence-electron chi connectivity index (χ3n) is 4.85. The number of rotatable bonds is 5. The van der Waals surface area contributed by atoms with Crippen molar-refractivity contribution in [2.24, 2.45) is 7.05 Å². The van der Waals surface area contributed by atoms with Crippen LogP contribution in [0.5, 0.6) is 0 Å². The van der Waals surface area contributed by atoms with Crippen molar-refractivity contribution in [3.63, 3.8) is 0 Å². The molecule has 4 rings (SSSR count). The van der Waals surface area contributed by atoms with E-state index in [-0.39, 0.29) is 5.91 Å². The molecule has 0 aliphatic rings. The Balaban J connectivity index is 1.71. The van der Waals surface area contributed by atoms with Crippen molar-refractivity contribution < 1.29 is 4.79 Å². The van der Waals surface area contributed by atoms with Crippen molar-refractivity contribution in [3.05, 3.63) is 108 Å². The normalized spacial score (nSPS) is 10.9. The fraction of sp³-hybridized carbons (Fsp3) is 0.125. The highest BCUT2D eigenvalue weighted by atomic mass is 16.2. The number of fused-ring (bicyclic) bond motifs is 1. The number of hydrogen-bond acceptors (Lipinski definition) is 1. The van der Waals surface area contributed by atoms with Gasteiger partial charge in [-0.25, -0.2) is 0 Å². The Hall–Kier alpha value is -3.33. The first-order valence-electron chi connectivity index (χ1n) is 9.13. The number of hydrogen-bond donors (Lipinski definition) is 0. The fourth-order valence-electron chi connectivity index (χ4n) is 3.49. The minimum atomic E-state index is 0.0551. The van der Waals surface area contributed by atoms with E-state index in [0.29, 0.717) is 13.1 Å². The van der Waals surface area contributed by atoms with Crippen molar-refractivity contribution in [2.45, 2.75) is 13.1 Å². The highest BCUT2D eigenvalue weighted by Gasteiger charge is 2.20.